The second-order valence-electron chi connectivity index (χ2n) is 7.81. The molecule has 3 aliphatic rings. The Balaban J connectivity index is 1.35. The summed E-state index contributed by atoms with van der Waals surface area (Å²) in [5.74, 6) is 2.02. The van der Waals surface area contributed by atoms with Crippen LogP contribution >= 0.6 is 0 Å². The zero-order valence-corrected chi connectivity index (χ0v) is 14.5. The highest BCUT2D eigenvalue weighted by Gasteiger charge is 2.67. The Morgan fingerprint density at radius 1 is 1.24 bits per heavy atom. The second kappa shape index (κ2) is 6.36. The van der Waals surface area contributed by atoms with Crippen molar-refractivity contribution in [3.05, 3.63) is 29.8 Å². The molecule has 1 aromatic rings. The number of carboxylic acid groups (broad SMARTS) is 1. The number of aliphatic carboxylic acids is 1. The maximum absolute atomic E-state index is 12.5. The van der Waals surface area contributed by atoms with Gasteiger partial charge in [-0.1, -0.05) is 18.2 Å². The van der Waals surface area contributed by atoms with Gasteiger partial charge in [0.2, 0.25) is 5.91 Å². The molecule has 3 aliphatic carbocycles. The minimum Gasteiger partial charge on any atom is -0.496 e. The maximum Gasteiger partial charge on any atom is 0.308 e. The molecule has 5 atom stereocenters. The summed E-state index contributed by atoms with van der Waals surface area (Å²) >= 11 is 0. The minimum absolute atomic E-state index is 0.0675. The monoisotopic (exact) mass is 343 g/mol. The van der Waals surface area contributed by atoms with Crippen molar-refractivity contribution in [1.82, 2.24) is 5.32 Å². The molecule has 2 N–H and O–H groups in total. The van der Waals surface area contributed by atoms with E-state index in [0.717, 1.165) is 17.4 Å². The first kappa shape index (κ1) is 16.4. The van der Waals surface area contributed by atoms with Crippen LogP contribution in [0.15, 0.2) is 24.3 Å². The number of ether oxygens (including phenoxy) is 1. The summed E-state index contributed by atoms with van der Waals surface area (Å²) in [7, 11) is 1.58. The van der Waals surface area contributed by atoms with Crippen LogP contribution in [-0.2, 0) is 16.0 Å². The van der Waals surface area contributed by atoms with Crippen molar-refractivity contribution in [2.75, 3.05) is 13.7 Å². The number of fused-ring (bicyclic) bond motifs is 5. The predicted molar refractivity (Wildman–Crippen MR) is 92.1 cm³/mol. The molecule has 25 heavy (non-hydrogen) atoms. The minimum atomic E-state index is -0.887. The Hall–Kier alpha value is -2.04. The Morgan fingerprint density at radius 3 is 2.56 bits per heavy atom. The van der Waals surface area contributed by atoms with Crippen LogP contribution in [0.5, 0.6) is 5.75 Å². The van der Waals surface area contributed by atoms with E-state index in [1.165, 1.54) is 19.3 Å². The van der Waals surface area contributed by atoms with Crippen molar-refractivity contribution in [3.63, 3.8) is 0 Å². The van der Waals surface area contributed by atoms with Gasteiger partial charge in [0.05, 0.1) is 13.0 Å². The summed E-state index contributed by atoms with van der Waals surface area (Å²) in [6.45, 7) is 0.178. The molecule has 0 aromatic heterocycles. The van der Waals surface area contributed by atoms with E-state index < -0.39 is 11.9 Å². The van der Waals surface area contributed by atoms with Gasteiger partial charge < -0.3 is 15.2 Å². The van der Waals surface area contributed by atoms with Gasteiger partial charge in [-0.3, -0.25) is 9.59 Å². The molecule has 4 rings (SSSR count). The molecule has 0 saturated heterocycles. The molecule has 1 aromatic carbocycles. The first-order chi connectivity index (χ1) is 12.1. The van der Waals surface area contributed by atoms with E-state index >= 15 is 0 Å². The highest BCUT2D eigenvalue weighted by atomic mass is 16.5. The molecule has 0 spiro atoms. The molecule has 0 aliphatic heterocycles. The molecule has 0 radical (unpaired) electrons. The topological polar surface area (TPSA) is 75.6 Å². The number of nitrogens with one attached hydrogen (secondary N) is 1. The molecule has 2 bridgehead atoms. The fourth-order valence-corrected chi connectivity index (χ4v) is 5.40. The largest absolute Gasteiger partial charge is 0.496 e. The van der Waals surface area contributed by atoms with Crippen molar-refractivity contribution in [2.45, 2.75) is 25.7 Å². The summed E-state index contributed by atoms with van der Waals surface area (Å²) < 4.78 is 5.30. The number of benzene rings is 1. The molecule has 3 fully saturated rings. The fraction of sp³-hybridized carbons (Fsp3) is 0.600. The number of para-hydroxylation sites is 1. The van der Waals surface area contributed by atoms with Gasteiger partial charge in [-0.2, -0.15) is 0 Å². The second-order valence-corrected chi connectivity index (χ2v) is 7.81. The first-order valence-electron chi connectivity index (χ1n) is 9.22. The third-order valence-corrected chi connectivity index (χ3v) is 6.57. The van der Waals surface area contributed by atoms with Gasteiger partial charge in [-0.25, -0.2) is 0 Å². The number of hydrogen-bond donors (Lipinski definition) is 2. The number of carbonyl (C=O) groups excluding carboxylic acids is 1. The molecule has 5 heteroatoms. The summed E-state index contributed by atoms with van der Waals surface area (Å²) in [5, 5.41) is 12.4. The van der Waals surface area contributed by atoms with Crippen LogP contribution < -0.4 is 10.1 Å². The average molecular weight is 343 g/mol. The van der Waals surface area contributed by atoms with E-state index in [1.54, 1.807) is 7.11 Å². The van der Waals surface area contributed by atoms with Gasteiger partial charge in [0.25, 0.3) is 0 Å². The van der Waals surface area contributed by atoms with Gasteiger partial charge in [0.1, 0.15) is 5.75 Å². The Labute approximate surface area is 147 Å². The van der Waals surface area contributed by atoms with Crippen molar-refractivity contribution in [1.29, 1.82) is 0 Å². The fourth-order valence-electron chi connectivity index (χ4n) is 5.40. The van der Waals surface area contributed by atoms with Crippen molar-refractivity contribution in [3.8, 4) is 5.75 Å². The number of carbonyl (C=O) groups is 2. The van der Waals surface area contributed by atoms with Crippen LogP contribution in [0, 0.1) is 35.5 Å². The maximum atomic E-state index is 12.5. The van der Waals surface area contributed by atoms with Crippen molar-refractivity contribution >= 4 is 11.9 Å². The van der Waals surface area contributed by atoms with Gasteiger partial charge >= 0.3 is 5.97 Å². The number of hydrogen-bond acceptors (Lipinski definition) is 3. The van der Waals surface area contributed by atoms with Gasteiger partial charge in [-0.15, -0.1) is 0 Å². The molecular formula is C20H25NO4. The van der Waals surface area contributed by atoms with Crippen LogP contribution in [0.1, 0.15) is 24.8 Å². The van der Waals surface area contributed by atoms with Crippen molar-refractivity contribution in [2.24, 2.45) is 35.5 Å². The lowest BCUT2D eigenvalue weighted by molar-refractivity contribution is -0.141. The average Bonchev–Trinajstić information content (AvgIpc) is 3.05. The van der Waals surface area contributed by atoms with Gasteiger partial charge in [0, 0.05) is 12.5 Å². The number of amides is 1. The zero-order valence-electron chi connectivity index (χ0n) is 14.5. The highest BCUT2D eigenvalue weighted by Crippen LogP contribution is 2.69. The van der Waals surface area contributed by atoms with Crippen molar-refractivity contribution < 1.29 is 19.4 Å². The lowest BCUT2D eigenvalue weighted by Gasteiger charge is -2.16. The van der Waals surface area contributed by atoms with Crippen LogP contribution in [0.2, 0.25) is 0 Å². The van der Waals surface area contributed by atoms with Gasteiger partial charge in [0.15, 0.2) is 0 Å². The van der Waals surface area contributed by atoms with E-state index in [1.807, 2.05) is 24.3 Å². The molecule has 5 nitrogen and oxygen atoms in total. The standard InChI is InChI=1S/C20H25NO4/c1-25-15-5-3-2-4-11(15)8-14(20(23)24)10-21-19(22)18-16-12-6-7-13(9-12)17(16)18/h2-5,12-14,16-18H,6-10H2,1H3,(H,21,22)(H,23,24). The molecule has 0 heterocycles. The third kappa shape index (κ3) is 2.90. The SMILES string of the molecule is COc1ccccc1CC(CNC(=O)C1C2C3CCC(C3)C12)C(=O)O. The van der Waals surface area contributed by atoms with E-state index in [0.29, 0.717) is 24.0 Å². The quantitative estimate of drug-likeness (QED) is 0.797. The number of methoxy groups -OCH3 is 1. The summed E-state index contributed by atoms with van der Waals surface area (Å²) in [6, 6.07) is 7.43. The summed E-state index contributed by atoms with van der Waals surface area (Å²) in [4.78, 5) is 24.1. The Bertz CT molecular complexity index is 672. The Kier molecular flexibility index (Phi) is 4.18. The van der Waals surface area contributed by atoms with E-state index in [-0.39, 0.29) is 18.4 Å². The molecule has 3 saturated carbocycles. The zero-order chi connectivity index (χ0) is 17.6. The smallest absolute Gasteiger partial charge is 0.308 e. The third-order valence-electron chi connectivity index (χ3n) is 6.57. The van der Waals surface area contributed by atoms with Crippen LogP contribution in [0.25, 0.3) is 0 Å². The molecular weight excluding hydrogens is 318 g/mol. The lowest BCUT2D eigenvalue weighted by atomic mass is 9.98. The van der Waals surface area contributed by atoms with E-state index in [4.69, 9.17) is 4.74 Å². The van der Waals surface area contributed by atoms with Crippen LogP contribution in [0.3, 0.4) is 0 Å². The molecule has 1 amide bonds. The molecule has 134 valence electrons. The van der Waals surface area contributed by atoms with E-state index in [2.05, 4.69) is 5.32 Å². The lowest BCUT2D eigenvalue weighted by Crippen LogP contribution is -2.36. The van der Waals surface area contributed by atoms with E-state index in [9.17, 15) is 14.7 Å². The summed E-state index contributed by atoms with van der Waals surface area (Å²) in [5.41, 5.74) is 0.855. The first-order valence-corrected chi connectivity index (χ1v) is 9.22. The number of carboxylic acids is 1. The predicted octanol–water partition coefficient (Wildman–Crippen LogP) is 2.35. The summed E-state index contributed by atoms with van der Waals surface area (Å²) in [6.07, 6.45) is 4.22. The van der Waals surface area contributed by atoms with Crippen LogP contribution in [-0.4, -0.2) is 30.6 Å². The normalized spacial score (nSPS) is 32.8. The highest BCUT2D eigenvalue weighted by molar-refractivity contribution is 5.83. The van der Waals surface area contributed by atoms with Crippen LogP contribution in [0.4, 0.5) is 0 Å². The number of rotatable bonds is 7. The van der Waals surface area contributed by atoms with Gasteiger partial charge in [-0.05, 0) is 61.0 Å². The molecule has 5 unspecified atom stereocenters. The Morgan fingerprint density at radius 2 is 1.92 bits per heavy atom.